The maximum Gasteiger partial charge on any atom is 0.257 e. The zero-order chi connectivity index (χ0) is 15.1. The molecule has 1 fully saturated rings. The lowest BCUT2D eigenvalue weighted by molar-refractivity contribution is -0.117. The van der Waals surface area contributed by atoms with E-state index >= 15 is 0 Å². The van der Waals surface area contributed by atoms with E-state index < -0.39 is 0 Å². The third-order valence-corrected chi connectivity index (χ3v) is 4.72. The van der Waals surface area contributed by atoms with Crippen LogP contribution in [0.1, 0.15) is 23.2 Å². The molecular weight excluding hydrogens is 300 g/mol. The monoisotopic (exact) mass is 314 g/mol. The van der Waals surface area contributed by atoms with Gasteiger partial charge in [0.05, 0.1) is 11.4 Å². The number of nitrogens with one attached hydrogen (secondary N) is 2. The molecule has 112 valence electrons. The van der Waals surface area contributed by atoms with Gasteiger partial charge in [0.15, 0.2) is 5.13 Å². The van der Waals surface area contributed by atoms with Crippen LogP contribution in [0.25, 0.3) is 0 Å². The van der Waals surface area contributed by atoms with Crippen LogP contribution in [0.4, 0.5) is 16.5 Å². The van der Waals surface area contributed by atoms with Crippen molar-refractivity contribution in [2.24, 2.45) is 0 Å². The lowest BCUT2D eigenvalue weighted by Crippen LogP contribution is -2.43. The molecule has 0 spiro atoms. The first-order valence-electron chi connectivity index (χ1n) is 7.15. The van der Waals surface area contributed by atoms with E-state index in [1.165, 1.54) is 11.3 Å². The van der Waals surface area contributed by atoms with Crippen LogP contribution in [0.3, 0.4) is 0 Å². The Morgan fingerprint density at radius 1 is 1.45 bits per heavy atom. The maximum atomic E-state index is 12.2. The first kappa shape index (κ1) is 13.3. The van der Waals surface area contributed by atoms with Gasteiger partial charge >= 0.3 is 0 Å². The van der Waals surface area contributed by atoms with Gasteiger partial charge in [0.25, 0.3) is 5.91 Å². The standard InChI is InChI=1S/C15H14N4O2S/c20-13(18-15-16-5-7-22-15)9-3-4-11-10(8-9)17-14(21)12-2-1-6-19(11)12/h3-5,7-8,12H,1-2,6H2,(H,17,21)(H,16,18,20)/t12-/m0/s1. The Morgan fingerprint density at radius 3 is 3.18 bits per heavy atom. The van der Waals surface area contributed by atoms with Crippen LogP contribution < -0.4 is 15.5 Å². The highest BCUT2D eigenvalue weighted by molar-refractivity contribution is 7.13. The van der Waals surface area contributed by atoms with Crippen LogP contribution in [0.5, 0.6) is 0 Å². The van der Waals surface area contributed by atoms with Crippen molar-refractivity contribution < 1.29 is 9.59 Å². The summed E-state index contributed by atoms with van der Waals surface area (Å²) in [5, 5.41) is 8.02. The fourth-order valence-corrected chi connectivity index (χ4v) is 3.55. The molecule has 3 heterocycles. The number of amides is 2. The fourth-order valence-electron chi connectivity index (χ4n) is 3.03. The average molecular weight is 314 g/mol. The molecule has 2 aromatic rings. The minimum absolute atomic E-state index is 0.0162. The summed E-state index contributed by atoms with van der Waals surface area (Å²) < 4.78 is 0. The van der Waals surface area contributed by atoms with Crippen LogP contribution in [0.2, 0.25) is 0 Å². The molecule has 0 radical (unpaired) electrons. The number of hydrogen-bond acceptors (Lipinski definition) is 5. The summed E-state index contributed by atoms with van der Waals surface area (Å²) in [6.07, 6.45) is 3.54. The van der Waals surface area contributed by atoms with Crippen molar-refractivity contribution in [1.82, 2.24) is 4.98 Å². The quantitative estimate of drug-likeness (QED) is 0.892. The van der Waals surface area contributed by atoms with Crippen molar-refractivity contribution in [3.63, 3.8) is 0 Å². The second-order valence-corrected chi connectivity index (χ2v) is 6.26. The third kappa shape index (κ3) is 2.14. The summed E-state index contributed by atoms with van der Waals surface area (Å²) in [6.45, 7) is 0.885. The molecule has 2 aliphatic heterocycles. The Balaban J connectivity index is 1.63. The molecule has 2 aliphatic rings. The highest BCUT2D eigenvalue weighted by Gasteiger charge is 2.36. The molecule has 4 rings (SSSR count). The Morgan fingerprint density at radius 2 is 2.36 bits per heavy atom. The zero-order valence-corrected chi connectivity index (χ0v) is 12.5. The Bertz CT molecular complexity index is 744. The molecule has 0 saturated carbocycles. The molecule has 0 unspecified atom stereocenters. The molecule has 0 bridgehead atoms. The first-order chi connectivity index (χ1) is 10.7. The van der Waals surface area contributed by atoms with Crippen molar-refractivity contribution in [3.05, 3.63) is 35.3 Å². The Hall–Kier alpha value is -2.41. The first-order valence-corrected chi connectivity index (χ1v) is 8.03. The number of anilines is 3. The Kier molecular flexibility index (Phi) is 3.07. The smallest absolute Gasteiger partial charge is 0.257 e. The minimum Gasteiger partial charge on any atom is -0.358 e. The fraction of sp³-hybridized carbons (Fsp3) is 0.267. The third-order valence-electron chi connectivity index (χ3n) is 4.03. The van der Waals surface area contributed by atoms with E-state index in [4.69, 9.17) is 0 Å². The van der Waals surface area contributed by atoms with E-state index in [0.717, 1.165) is 25.1 Å². The summed E-state index contributed by atoms with van der Waals surface area (Å²) in [7, 11) is 0. The highest BCUT2D eigenvalue weighted by Crippen LogP contribution is 2.37. The molecule has 2 N–H and O–H groups in total. The van der Waals surface area contributed by atoms with Crippen molar-refractivity contribution in [3.8, 4) is 0 Å². The number of aromatic nitrogens is 1. The van der Waals surface area contributed by atoms with E-state index in [-0.39, 0.29) is 17.9 Å². The van der Waals surface area contributed by atoms with Gasteiger partial charge in [-0.2, -0.15) is 0 Å². The number of thiazole rings is 1. The molecule has 7 heteroatoms. The molecule has 1 saturated heterocycles. The zero-order valence-electron chi connectivity index (χ0n) is 11.7. The van der Waals surface area contributed by atoms with E-state index in [9.17, 15) is 9.59 Å². The van der Waals surface area contributed by atoms with Gasteiger partial charge in [-0.05, 0) is 31.0 Å². The largest absolute Gasteiger partial charge is 0.358 e. The number of rotatable bonds is 2. The van der Waals surface area contributed by atoms with Crippen LogP contribution in [-0.2, 0) is 4.79 Å². The average Bonchev–Trinajstić information content (AvgIpc) is 3.18. The summed E-state index contributed by atoms with van der Waals surface area (Å²) in [5.74, 6) is -0.210. The predicted octanol–water partition coefficient (Wildman–Crippen LogP) is 2.32. The minimum atomic E-state index is -0.226. The van der Waals surface area contributed by atoms with Gasteiger partial charge in [-0.1, -0.05) is 0 Å². The highest BCUT2D eigenvalue weighted by atomic mass is 32.1. The number of nitrogens with zero attached hydrogens (tertiary/aromatic N) is 2. The van der Waals surface area contributed by atoms with Crippen molar-refractivity contribution in [2.75, 3.05) is 22.1 Å². The molecule has 1 atom stereocenters. The lowest BCUT2D eigenvalue weighted by atomic mass is 10.1. The number of benzene rings is 1. The van der Waals surface area contributed by atoms with Crippen molar-refractivity contribution >= 4 is 39.7 Å². The van der Waals surface area contributed by atoms with Crippen LogP contribution >= 0.6 is 11.3 Å². The molecule has 1 aromatic heterocycles. The van der Waals surface area contributed by atoms with Gasteiger partial charge in [-0.15, -0.1) is 11.3 Å². The Labute approximate surface area is 131 Å². The second-order valence-electron chi connectivity index (χ2n) is 5.36. The SMILES string of the molecule is O=C(Nc1nccs1)c1ccc2c(c1)NC(=O)[C@@H]1CCCN21. The van der Waals surface area contributed by atoms with Gasteiger partial charge in [-0.25, -0.2) is 4.98 Å². The van der Waals surface area contributed by atoms with Gasteiger partial charge in [-0.3, -0.25) is 14.9 Å². The van der Waals surface area contributed by atoms with E-state index in [1.807, 2.05) is 6.07 Å². The summed E-state index contributed by atoms with van der Waals surface area (Å²) in [6, 6.07) is 5.35. The van der Waals surface area contributed by atoms with Gasteiger partial charge in [0.2, 0.25) is 5.91 Å². The summed E-state index contributed by atoms with van der Waals surface area (Å²) in [4.78, 5) is 30.5. The van der Waals surface area contributed by atoms with Crippen LogP contribution in [-0.4, -0.2) is 29.4 Å². The maximum absolute atomic E-state index is 12.2. The van der Waals surface area contributed by atoms with Crippen molar-refractivity contribution in [2.45, 2.75) is 18.9 Å². The predicted molar refractivity (Wildman–Crippen MR) is 85.5 cm³/mol. The molecule has 22 heavy (non-hydrogen) atoms. The molecular formula is C15H14N4O2S. The number of carbonyl (C=O) groups is 2. The summed E-state index contributed by atoms with van der Waals surface area (Å²) in [5.41, 5.74) is 2.20. The van der Waals surface area contributed by atoms with Gasteiger partial charge < -0.3 is 10.2 Å². The topological polar surface area (TPSA) is 74.3 Å². The van der Waals surface area contributed by atoms with Gasteiger partial charge in [0, 0.05) is 23.7 Å². The molecule has 6 nitrogen and oxygen atoms in total. The van der Waals surface area contributed by atoms with Crippen molar-refractivity contribution in [1.29, 1.82) is 0 Å². The van der Waals surface area contributed by atoms with Crippen LogP contribution in [0, 0.1) is 0 Å². The van der Waals surface area contributed by atoms with E-state index in [1.54, 1.807) is 23.7 Å². The summed E-state index contributed by atoms with van der Waals surface area (Å²) >= 11 is 1.37. The van der Waals surface area contributed by atoms with E-state index in [0.29, 0.717) is 16.4 Å². The van der Waals surface area contributed by atoms with Gasteiger partial charge in [0.1, 0.15) is 6.04 Å². The number of hydrogen-bond donors (Lipinski definition) is 2. The second kappa shape index (κ2) is 5.10. The molecule has 1 aromatic carbocycles. The molecule has 0 aliphatic carbocycles. The molecule has 2 amide bonds. The normalized spacial score (nSPS) is 19.4. The lowest BCUT2D eigenvalue weighted by Gasteiger charge is -2.33. The van der Waals surface area contributed by atoms with Crippen LogP contribution in [0.15, 0.2) is 29.8 Å². The number of carbonyl (C=O) groups excluding carboxylic acids is 2. The number of fused-ring (bicyclic) bond motifs is 3. The van der Waals surface area contributed by atoms with E-state index in [2.05, 4.69) is 20.5 Å².